The van der Waals surface area contributed by atoms with Crippen LogP contribution in [0.4, 0.5) is 0 Å². The van der Waals surface area contributed by atoms with Gasteiger partial charge in [-0.15, -0.1) is 34.0 Å². The Hall–Kier alpha value is -1.02. The third kappa shape index (κ3) is 3.03. The highest BCUT2D eigenvalue weighted by Gasteiger charge is 2.35. The molecule has 120 valence electrons. The maximum absolute atomic E-state index is 9.88. The van der Waals surface area contributed by atoms with Crippen molar-refractivity contribution in [3.63, 3.8) is 0 Å². The maximum Gasteiger partial charge on any atom is 0.107 e. The van der Waals surface area contributed by atoms with Crippen molar-refractivity contribution in [2.75, 3.05) is 6.61 Å². The summed E-state index contributed by atoms with van der Waals surface area (Å²) < 4.78 is 5.74. The maximum atomic E-state index is 9.88. The summed E-state index contributed by atoms with van der Waals surface area (Å²) in [6.45, 7) is -0.134. The molecule has 2 N–H and O–H groups in total. The Kier molecular flexibility index (Phi) is 4.36. The molecule has 0 spiro atoms. The number of aliphatic hydroxyl groups is 2. The van der Waals surface area contributed by atoms with Crippen LogP contribution in [0.15, 0.2) is 41.8 Å². The van der Waals surface area contributed by atoms with Crippen molar-refractivity contribution < 1.29 is 14.9 Å². The van der Waals surface area contributed by atoms with Gasteiger partial charge in [-0.3, -0.25) is 0 Å². The van der Waals surface area contributed by atoms with Gasteiger partial charge in [0.15, 0.2) is 0 Å². The van der Waals surface area contributed by atoms with Crippen molar-refractivity contribution in [1.29, 1.82) is 0 Å². The van der Waals surface area contributed by atoms with E-state index < -0.39 is 12.2 Å². The van der Waals surface area contributed by atoms with E-state index in [1.807, 2.05) is 0 Å². The molecule has 0 amide bonds. The average molecular weight is 365 g/mol. The van der Waals surface area contributed by atoms with Gasteiger partial charge in [-0.25, -0.2) is 0 Å². The van der Waals surface area contributed by atoms with E-state index in [0.29, 0.717) is 6.42 Å². The molecule has 1 aliphatic heterocycles. The van der Waals surface area contributed by atoms with Crippen LogP contribution in [-0.4, -0.2) is 29.0 Å². The van der Waals surface area contributed by atoms with Crippen LogP contribution in [-0.2, 0) is 4.74 Å². The smallest absolute Gasteiger partial charge is 0.107 e. The van der Waals surface area contributed by atoms with Crippen LogP contribution in [0.2, 0.25) is 0 Å². The molecule has 0 bridgehead atoms. The van der Waals surface area contributed by atoms with Crippen molar-refractivity contribution in [2.45, 2.75) is 24.7 Å². The summed E-state index contributed by atoms with van der Waals surface area (Å²) in [5, 5.41) is 21.2. The molecule has 0 saturated carbocycles. The molecule has 1 fully saturated rings. The molecule has 3 aromatic rings. The number of hydrogen-bond acceptors (Lipinski definition) is 6. The number of aliphatic hydroxyl groups excluding tert-OH is 2. The molecule has 0 aliphatic carbocycles. The second kappa shape index (κ2) is 6.47. The summed E-state index contributed by atoms with van der Waals surface area (Å²) in [7, 11) is 0. The third-order valence-corrected chi connectivity index (χ3v) is 7.48. The Bertz CT molecular complexity index is 775. The van der Waals surface area contributed by atoms with Crippen molar-refractivity contribution >= 4 is 34.0 Å². The Labute approximate surface area is 146 Å². The van der Waals surface area contributed by atoms with E-state index >= 15 is 0 Å². The number of rotatable bonds is 4. The average Bonchev–Trinajstić information content (AvgIpc) is 3.32. The normalized spacial score (nSPS) is 24.3. The lowest BCUT2D eigenvalue weighted by atomic mass is 10.1. The van der Waals surface area contributed by atoms with Gasteiger partial charge in [-0.1, -0.05) is 6.07 Å². The summed E-state index contributed by atoms with van der Waals surface area (Å²) in [4.78, 5) is 6.17. The fraction of sp³-hybridized carbons (Fsp3) is 0.294. The molecule has 6 heteroatoms. The first kappa shape index (κ1) is 15.5. The van der Waals surface area contributed by atoms with E-state index in [4.69, 9.17) is 4.74 Å². The monoisotopic (exact) mass is 364 g/mol. The van der Waals surface area contributed by atoms with E-state index in [9.17, 15) is 10.2 Å². The zero-order valence-electron chi connectivity index (χ0n) is 12.2. The quantitative estimate of drug-likeness (QED) is 0.722. The van der Waals surface area contributed by atoms with E-state index in [-0.39, 0.29) is 12.7 Å². The van der Waals surface area contributed by atoms with Crippen LogP contribution in [0.5, 0.6) is 0 Å². The second-order valence-corrected chi connectivity index (χ2v) is 8.64. The molecule has 0 aromatic carbocycles. The van der Waals surface area contributed by atoms with Gasteiger partial charge in [0.2, 0.25) is 0 Å². The van der Waals surface area contributed by atoms with E-state index in [2.05, 4.69) is 41.8 Å². The summed E-state index contributed by atoms with van der Waals surface area (Å²) in [6, 6.07) is 12.7. The minimum Gasteiger partial charge on any atom is -0.394 e. The lowest BCUT2D eigenvalue weighted by molar-refractivity contribution is -0.0216. The predicted molar refractivity (Wildman–Crippen MR) is 96.3 cm³/mol. The Balaban J connectivity index is 1.55. The van der Waals surface area contributed by atoms with Crippen LogP contribution in [0.1, 0.15) is 17.4 Å². The fourth-order valence-electron chi connectivity index (χ4n) is 2.76. The molecular weight excluding hydrogens is 348 g/mol. The molecule has 1 aliphatic rings. The lowest BCUT2D eigenvalue weighted by Crippen LogP contribution is -2.24. The van der Waals surface area contributed by atoms with Gasteiger partial charge in [0.1, 0.15) is 6.10 Å². The van der Waals surface area contributed by atoms with Crippen molar-refractivity contribution in [1.82, 2.24) is 0 Å². The second-order valence-electron chi connectivity index (χ2n) is 5.49. The number of hydrogen-bond donors (Lipinski definition) is 2. The van der Waals surface area contributed by atoms with Crippen molar-refractivity contribution in [3.05, 3.63) is 46.7 Å². The molecule has 4 heterocycles. The van der Waals surface area contributed by atoms with Gasteiger partial charge in [0.25, 0.3) is 0 Å². The Morgan fingerprint density at radius 3 is 2.43 bits per heavy atom. The highest BCUT2D eigenvalue weighted by molar-refractivity contribution is 7.26. The molecule has 3 atom stereocenters. The van der Waals surface area contributed by atoms with E-state index in [1.165, 1.54) is 19.5 Å². The van der Waals surface area contributed by atoms with Crippen molar-refractivity contribution in [3.8, 4) is 19.5 Å². The first-order chi connectivity index (χ1) is 11.2. The van der Waals surface area contributed by atoms with E-state index in [0.717, 1.165) is 4.88 Å². The molecule has 4 rings (SSSR count). The van der Waals surface area contributed by atoms with Crippen LogP contribution in [0, 0.1) is 0 Å². The number of ether oxygens (including phenoxy) is 1. The molecule has 1 saturated heterocycles. The minimum absolute atomic E-state index is 0.113. The van der Waals surface area contributed by atoms with Gasteiger partial charge in [0, 0.05) is 30.8 Å². The molecule has 23 heavy (non-hydrogen) atoms. The highest BCUT2D eigenvalue weighted by atomic mass is 32.1. The van der Waals surface area contributed by atoms with Gasteiger partial charge in [0.05, 0.1) is 18.8 Å². The summed E-state index contributed by atoms with van der Waals surface area (Å²) in [5.74, 6) is 0. The van der Waals surface area contributed by atoms with Gasteiger partial charge in [-0.2, -0.15) is 0 Å². The van der Waals surface area contributed by atoms with Crippen LogP contribution in [0.25, 0.3) is 19.5 Å². The molecule has 3 nitrogen and oxygen atoms in total. The van der Waals surface area contributed by atoms with Gasteiger partial charge < -0.3 is 14.9 Å². The molecular formula is C17H16O3S3. The lowest BCUT2D eigenvalue weighted by Gasteiger charge is -2.10. The topological polar surface area (TPSA) is 49.7 Å². The first-order valence-corrected chi connectivity index (χ1v) is 9.94. The van der Waals surface area contributed by atoms with Crippen LogP contribution in [0.3, 0.4) is 0 Å². The summed E-state index contributed by atoms with van der Waals surface area (Å²) in [5.41, 5.74) is 0. The Morgan fingerprint density at radius 1 is 1.00 bits per heavy atom. The molecule has 0 radical (unpaired) electrons. The zero-order chi connectivity index (χ0) is 15.8. The highest BCUT2D eigenvalue weighted by Crippen LogP contribution is 2.42. The van der Waals surface area contributed by atoms with Crippen LogP contribution >= 0.6 is 34.0 Å². The zero-order valence-corrected chi connectivity index (χ0v) is 14.7. The van der Waals surface area contributed by atoms with Crippen molar-refractivity contribution in [2.24, 2.45) is 0 Å². The van der Waals surface area contributed by atoms with Gasteiger partial charge >= 0.3 is 0 Å². The summed E-state index contributed by atoms with van der Waals surface area (Å²) >= 11 is 5.26. The largest absolute Gasteiger partial charge is 0.394 e. The SMILES string of the molecule is OC[C@H]1O[C@H](c2ccc(-c3ccc(-c4cccs4)s3)s2)CC1O. The summed E-state index contributed by atoms with van der Waals surface area (Å²) in [6.07, 6.45) is -0.603. The minimum atomic E-state index is -0.581. The molecule has 3 aromatic heterocycles. The van der Waals surface area contributed by atoms with E-state index in [1.54, 1.807) is 34.0 Å². The standard InChI is InChI=1S/C17H16O3S3/c18-9-12-10(19)8-11(20-12)13-3-4-16(22-13)17-6-5-15(23-17)14-2-1-7-21-14/h1-7,10-12,18-19H,8-9H2/t10?,11-,12+/m0/s1. The third-order valence-electron chi connectivity index (χ3n) is 3.96. The van der Waals surface area contributed by atoms with Crippen LogP contribution < -0.4 is 0 Å². The number of thiophene rings is 3. The molecule has 1 unspecified atom stereocenters. The fourth-order valence-corrected chi connectivity index (χ4v) is 5.74. The first-order valence-electron chi connectivity index (χ1n) is 7.43. The van der Waals surface area contributed by atoms with Gasteiger partial charge in [-0.05, 0) is 35.7 Å². The Morgan fingerprint density at radius 2 is 1.74 bits per heavy atom. The predicted octanol–water partition coefficient (Wildman–Crippen LogP) is 4.39.